The number of aromatic nitrogens is 1. The molecule has 1 unspecified atom stereocenters. The van der Waals surface area contributed by atoms with Crippen molar-refractivity contribution >= 4 is 0 Å². The van der Waals surface area contributed by atoms with Gasteiger partial charge in [0.05, 0.1) is 18.8 Å². The molecule has 20 heavy (non-hydrogen) atoms. The van der Waals surface area contributed by atoms with E-state index >= 15 is 0 Å². The van der Waals surface area contributed by atoms with E-state index in [1.54, 1.807) is 7.11 Å². The number of pyridine rings is 1. The van der Waals surface area contributed by atoms with Crippen molar-refractivity contribution in [1.29, 1.82) is 0 Å². The number of hydrogen-bond acceptors (Lipinski definition) is 4. The normalized spacial score (nSPS) is 24.4. The first-order valence-corrected chi connectivity index (χ1v) is 7.67. The van der Waals surface area contributed by atoms with Crippen LogP contribution in [0, 0.1) is 0 Å². The van der Waals surface area contributed by atoms with Gasteiger partial charge in [0.15, 0.2) is 0 Å². The molecule has 110 valence electrons. The van der Waals surface area contributed by atoms with Crippen LogP contribution in [0.5, 0.6) is 5.88 Å². The number of ether oxygens (including phenoxy) is 2. The molecular formula is C16H24N2O2. The van der Waals surface area contributed by atoms with Gasteiger partial charge in [-0.1, -0.05) is 18.9 Å². The molecule has 1 N–H and O–H groups in total. The topological polar surface area (TPSA) is 43.4 Å². The third-order valence-electron chi connectivity index (χ3n) is 4.56. The summed E-state index contributed by atoms with van der Waals surface area (Å²) in [5.74, 6) is 0.663. The number of hydrogen-bond donors (Lipinski definition) is 1. The van der Waals surface area contributed by atoms with Crippen LogP contribution in [-0.2, 0) is 11.3 Å². The van der Waals surface area contributed by atoms with E-state index in [9.17, 15) is 0 Å². The Kier molecular flexibility index (Phi) is 4.22. The molecule has 2 heterocycles. The van der Waals surface area contributed by atoms with Gasteiger partial charge >= 0.3 is 0 Å². The Bertz CT molecular complexity index is 427. The zero-order valence-corrected chi connectivity index (χ0v) is 12.2. The van der Waals surface area contributed by atoms with Crippen LogP contribution in [0.2, 0.25) is 0 Å². The summed E-state index contributed by atoms with van der Waals surface area (Å²) in [6.45, 7) is 1.78. The summed E-state index contributed by atoms with van der Waals surface area (Å²) in [4.78, 5) is 4.21. The van der Waals surface area contributed by atoms with Gasteiger partial charge in [-0.3, -0.25) is 0 Å². The highest BCUT2D eigenvalue weighted by atomic mass is 16.5. The quantitative estimate of drug-likeness (QED) is 0.898. The molecule has 2 fully saturated rings. The second-order valence-corrected chi connectivity index (χ2v) is 6.01. The highest BCUT2D eigenvalue weighted by Gasteiger charge is 2.41. The highest BCUT2D eigenvalue weighted by Crippen LogP contribution is 2.43. The summed E-state index contributed by atoms with van der Waals surface area (Å²) in [6, 6.07) is 3.95. The van der Waals surface area contributed by atoms with Crippen LogP contribution in [0.3, 0.4) is 0 Å². The third kappa shape index (κ3) is 3.13. The fraction of sp³-hybridized carbons (Fsp3) is 0.688. The Labute approximate surface area is 120 Å². The third-order valence-corrected chi connectivity index (χ3v) is 4.56. The molecule has 3 rings (SSSR count). The van der Waals surface area contributed by atoms with Crippen molar-refractivity contribution in [3.8, 4) is 5.88 Å². The minimum absolute atomic E-state index is 0.244. The van der Waals surface area contributed by atoms with E-state index in [0.29, 0.717) is 12.0 Å². The van der Waals surface area contributed by atoms with Crippen molar-refractivity contribution in [2.45, 2.75) is 56.8 Å². The van der Waals surface area contributed by atoms with Gasteiger partial charge in [-0.15, -0.1) is 0 Å². The second kappa shape index (κ2) is 6.10. The van der Waals surface area contributed by atoms with Gasteiger partial charge in [0, 0.05) is 25.4 Å². The zero-order chi connectivity index (χ0) is 13.8. The minimum Gasteiger partial charge on any atom is -0.481 e. The van der Waals surface area contributed by atoms with E-state index in [1.165, 1.54) is 44.1 Å². The maximum Gasteiger partial charge on any atom is 0.212 e. The standard InChI is InChI=1S/C16H24N2O2/c1-19-15-5-4-13(11-18-15)10-17-12-14-6-9-16(20-14)7-2-3-8-16/h4-5,11,14,17H,2-3,6-10,12H2,1H3. The van der Waals surface area contributed by atoms with E-state index in [4.69, 9.17) is 9.47 Å². The predicted octanol–water partition coefficient (Wildman–Crippen LogP) is 2.67. The molecule has 0 bridgehead atoms. The van der Waals surface area contributed by atoms with Crippen LogP contribution < -0.4 is 10.1 Å². The number of methoxy groups -OCH3 is 1. The maximum absolute atomic E-state index is 6.29. The van der Waals surface area contributed by atoms with E-state index in [-0.39, 0.29) is 5.60 Å². The monoisotopic (exact) mass is 276 g/mol. The fourth-order valence-electron chi connectivity index (χ4n) is 3.44. The van der Waals surface area contributed by atoms with Crippen molar-refractivity contribution in [2.24, 2.45) is 0 Å². The Balaban J connectivity index is 1.41. The summed E-state index contributed by atoms with van der Waals surface area (Å²) in [6.07, 6.45) is 9.93. The van der Waals surface area contributed by atoms with Crippen LogP contribution in [0.15, 0.2) is 18.3 Å². The van der Waals surface area contributed by atoms with Crippen molar-refractivity contribution < 1.29 is 9.47 Å². The summed E-state index contributed by atoms with van der Waals surface area (Å²) >= 11 is 0. The first-order chi connectivity index (χ1) is 9.80. The molecule has 1 spiro atoms. The lowest BCUT2D eigenvalue weighted by molar-refractivity contribution is -0.0351. The van der Waals surface area contributed by atoms with Crippen molar-refractivity contribution in [3.05, 3.63) is 23.9 Å². The molecule has 1 aromatic rings. The molecule has 4 heteroatoms. The van der Waals surface area contributed by atoms with Crippen LogP contribution in [0.1, 0.15) is 44.1 Å². The molecule has 1 aromatic heterocycles. The average molecular weight is 276 g/mol. The van der Waals surface area contributed by atoms with E-state index in [2.05, 4.69) is 10.3 Å². The Morgan fingerprint density at radius 3 is 2.90 bits per heavy atom. The molecule has 0 aromatic carbocycles. The average Bonchev–Trinajstić information content (AvgIpc) is 3.10. The minimum atomic E-state index is 0.244. The van der Waals surface area contributed by atoms with Crippen LogP contribution in [0.25, 0.3) is 0 Å². The largest absolute Gasteiger partial charge is 0.481 e. The van der Waals surface area contributed by atoms with Gasteiger partial charge in [0.25, 0.3) is 0 Å². The molecule has 1 saturated carbocycles. The number of nitrogens with one attached hydrogen (secondary N) is 1. The second-order valence-electron chi connectivity index (χ2n) is 6.01. The molecule has 1 atom stereocenters. The SMILES string of the molecule is COc1ccc(CNCC2CCC3(CCCC3)O2)cn1. The van der Waals surface area contributed by atoms with Gasteiger partial charge in [-0.2, -0.15) is 0 Å². The van der Waals surface area contributed by atoms with Crippen LogP contribution >= 0.6 is 0 Å². The smallest absolute Gasteiger partial charge is 0.212 e. The lowest BCUT2D eigenvalue weighted by Crippen LogP contribution is -2.30. The molecule has 4 nitrogen and oxygen atoms in total. The molecule has 1 aliphatic heterocycles. The summed E-state index contributed by atoms with van der Waals surface area (Å²) in [5.41, 5.74) is 1.42. The molecule has 0 radical (unpaired) electrons. The summed E-state index contributed by atoms with van der Waals surface area (Å²) in [5, 5.41) is 3.48. The van der Waals surface area contributed by atoms with Crippen molar-refractivity contribution in [1.82, 2.24) is 10.3 Å². The van der Waals surface area contributed by atoms with Gasteiger partial charge in [-0.25, -0.2) is 4.98 Å². The molecule has 1 saturated heterocycles. The van der Waals surface area contributed by atoms with E-state index in [0.717, 1.165) is 13.1 Å². The van der Waals surface area contributed by atoms with Gasteiger partial charge in [-0.05, 0) is 31.2 Å². The Morgan fingerprint density at radius 2 is 2.20 bits per heavy atom. The number of nitrogens with zero attached hydrogens (tertiary/aromatic N) is 1. The Hall–Kier alpha value is -1.13. The van der Waals surface area contributed by atoms with Crippen molar-refractivity contribution in [2.75, 3.05) is 13.7 Å². The summed E-state index contributed by atoms with van der Waals surface area (Å²) < 4.78 is 11.3. The van der Waals surface area contributed by atoms with Gasteiger partial charge in [0.1, 0.15) is 0 Å². The van der Waals surface area contributed by atoms with E-state index in [1.807, 2.05) is 18.3 Å². The molecule has 0 amide bonds. The van der Waals surface area contributed by atoms with E-state index < -0.39 is 0 Å². The molecule has 2 aliphatic rings. The molecular weight excluding hydrogens is 252 g/mol. The zero-order valence-electron chi connectivity index (χ0n) is 12.2. The highest BCUT2D eigenvalue weighted by molar-refractivity contribution is 5.17. The van der Waals surface area contributed by atoms with Gasteiger partial charge < -0.3 is 14.8 Å². The Morgan fingerprint density at radius 1 is 1.35 bits per heavy atom. The number of rotatable bonds is 5. The predicted molar refractivity (Wildman–Crippen MR) is 77.8 cm³/mol. The lowest BCUT2D eigenvalue weighted by Gasteiger charge is -2.23. The van der Waals surface area contributed by atoms with Crippen LogP contribution in [0.4, 0.5) is 0 Å². The van der Waals surface area contributed by atoms with Crippen molar-refractivity contribution in [3.63, 3.8) is 0 Å². The lowest BCUT2D eigenvalue weighted by atomic mass is 9.98. The van der Waals surface area contributed by atoms with Gasteiger partial charge in [0.2, 0.25) is 5.88 Å². The first kappa shape index (κ1) is 13.8. The first-order valence-electron chi connectivity index (χ1n) is 7.67. The summed E-state index contributed by atoms with van der Waals surface area (Å²) in [7, 11) is 1.64. The maximum atomic E-state index is 6.29. The molecule has 1 aliphatic carbocycles. The van der Waals surface area contributed by atoms with Crippen LogP contribution in [-0.4, -0.2) is 30.3 Å². The fourth-order valence-corrected chi connectivity index (χ4v) is 3.44.